The number of aryl methyl sites for hydroxylation is 2. The molecule has 1 aliphatic heterocycles. The van der Waals surface area contributed by atoms with Gasteiger partial charge in [0.1, 0.15) is 0 Å². The Balaban J connectivity index is 2.14. The fourth-order valence-electron chi connectivity index (χ4n) is 2.70. The van der Waals surface area contributed by atoms with Gasteiger partial charge in [-0.3, -0.25) is 4.79 Å². The number of sulfonamides is 1. The van der Waals surface area contributed by atoms with E-state index in [1.807, 2.05) is 32.0 Å². The van der Waals surface area contributed by atoms with Crippen LogP contribution in [0.25, 0.3) is 0 Å². The van der Waals surface area contributed by atoms with Crippen LogP contribution in [0.5, 0.6) is 0 Å². The Morgan fingerprint density at radius 1 is 1.33 bits per heavy atom. The average Bonchev–Trinajstić information content (AvgIpc) is 2.39. The predicted molar refractivity (Wildman–Crippen MR) is 82.8 cm³/mol. The van der Waals surface area contributed by atoms with Crippen molar-refractivity contribution in [2.45, 2.75) is 32.7 Å². The van der Waals surface area contributed by atoms with Crippen molar-refractivity contribution in [2.24, 2.45) is 0 Å². The lowest BCUT2D eigenvalue weighted by molar-refractivity contribution is 0.0702. The molecule has 1 heterocycles. The minimum absolute atomic E-state index is 0.0174. The maximum Gasteiger partial charge on any atom is 0.254 e. The zero-order chi connectivity index (χ0) is 15.6. The first-order valence-electron chi connectivity index (χ1n) is 7.10. The van der Waals surface area contributed by atoms with Crippen LogP contribution >= 0.6 is 0 Å². The third kappa shape index (κ3) is 4.28. The van der Waals surface area contributed by atoms with E-state index in [1.165, 1.54) is 0 Å². The Bertz CT molecular complexity index is 640. The lowest BCUT2D eigenvalue weighted by atomic mass is 10.0. The number of carbonyl (C=O) groups excluding carboxylic acids is 1. The molecule has 0 saturated carbocycles. The van der Waals surface area contributed by atoms with Crippen molar-refractivity contribution in [1.82, 2.24) is 9.62 Å². The van der Waals surface area contributed by atoms with E-state index in [1.54, 1.807) is 4.90 Å². The van der Waals surface area contributed by atoms with E-state index in [2.05, 4.69) is 4.72 Å². The van der Waals surface area contributed by atoms with Gasteiger partial charge in [-0.15, -0.1) is 0 Å². The first kappa shape index (κ1) is 16.0. The summed E-state index contributed by atoms with van der Waals surface area (Å²) in [4.78, 5) is 14.4. The third-order valence-corrected chi connectivity index (χ3v) is 4.47. The molecule has 1 N–H and O–H groups in total. The van der Waals surface area contributed by atoms with Crippen molar-refractivity contribution in [3.63, 3.8) is 0 Å². The summed E-state index contributed by atoms with van der Waals surface area (Å²) >= 11 is 0. The van der Waals surface area contributed by atoms with E-state index in [0.717, 1.165) is 30.2 Å². The second-order valence-electron chi connectivity index (χ2n) is 5.80. The lowest BCUT2D eigenvalue weighted by Crippen LogP contribution is -2.49. The van der Waals surface area contributed by atoms with E-state index in [-0.39, 0.29) is 11.9 Å². The van der Waals surface area contributed by atoms with Crippen molar-refractivity contribution in [3.05, 3.63) is 34.9 Å². The normalized spacial score (nSPS) is 19.6. The molecule has 0 bridgehead atoms. The standard InChI is InChI=1S/C15H22N2O3S/c1-11-6-7-12(2)14(9-11)15(18)17-8-4-5-13(10-17)16-21(3,19)20/h6-7,9,13,16H,4-5,8,10H2,1-3H3/t13-/m0/s1. The van der Waals surface area contributed by atoms with E-state index in [0.29, 0.717) is 18.7 Å². The van der Waals surface area contributed by atoms with Gasteiger partial charge in [0, 0.05) is 24.7 Å². The van der Waals surface area contributed by atoms with Crippen molar-refractivity contribution in [1.29, 1.82) is 0 Å². The van der Waals surface area contributed by atoms with Crippen LogP contribution in [0.2, 0.25) is 0 Å². The molecule has 0 aromatic heterocycles. The molecule has 1 fully saturated rings. The maximum atomic E-state index is 12.6. The Morgan fingerprint density at radius 2 is 2.05 bits per heavy atom. The second-order valence-corrected chi connectivity index (χ2v) is 7.58. The number of likely N-dealkylation sites (tertiary alicyclic amines) is 1. The quantitative estimate of drug-likeness (QED) is 0.919. The van der Waals surface area contributed by atoms with Gasteiger partial charge in [-0.1, -0.05) is 17.7 Å². The number of nitrogens with one attached hydrogen (secondary N) is 1. The molecular formula is C15H22N2O3S. The van der Waals surface area contributed by atoms with Crippen LogP contribution in [0, 0.1) is 13.8 Å². The van der Waals surface area contributed by atoms with Crippen molar-refractivity contribution in [3.8, 4) is 0 Å². The highest BCUT2D eigenvalue weighted by Gasteiger charge is 2.26. The van der Waals surface area contributed by atoms with Crippen LogP contribution in [-0.4, -0.2) is 44.6 Å². The minimum Gasteiger partial charge on any atom is -0.337 e. The zero-order valence-electron chi connectivity index (χ0n) is 12.7. The molecule has 1 aliphatic rings. The van der Waals surface area contributed by atoms with Gasteiger partial charge < -0.3 is 4.90 Å². The first-order valence-corrected chi connectivity index (χ1v) is 8.99. The number of carbonyl (C=O) groups is 1. The minimum atomic E-state index is -3.24. The number of hydrogen-bond acceptors (Lipinski definition) is 3. The van der Waals surface area contributed by atoms with E-state index < -0.39 is 10.0 Å². The predicted octanol–water partition coefficient (Wildman–Crippen LogP) is 1.46. The number of rotatable bonds is 3. The molecule has 5 nitrogen and oxygen atoms in total. The highest BCUT2D eigenvalue weighted by molar-refractivity contribution is 7.88. The number of piperidine rings is 1. The van der Waals surface area contributed by atoms with Crippen LogP contribution in [0.4, 0.5) is 0 Å². The topological polar surface area (TPSA) is 66.5 Å². The highest BCUT2D eigenvalue weighted by atomic mass is 32.2. The van der Waals surface area contributed by atoms with Crippen LogP contribution in [0.3, 0.4) is 0 Å². The molecule has 0 unspecified atom stereocenters. The fourth-order valence-corrected chi connectivity index (χ4v) is 3.50. The molecule has 0 spiro atoms. The summed E-state index contributed by atoms with van der Waals surface area (Å²) in [6.07, 6.45) is 2.73. The van der Waals surface area contributed by atoms with Gasteiger partial charge in [-0.05, 0) is 38.3 Å². The molecule has 1 atom stereocenters. The summed E-state index contributed by atoms with van der Waals surface area (Å²) in [5.41, 5.74) is 2.70. The summed E-state index contributed by atoms with van der Waals surface area (Å²) in [7, 11) is -3.24. The molecule has 0 aliphatic carbocycles. The van der Waals surface area contributed by atoms with E-state index >= 15 is 0 Å². The summed E-state index contributed by atoms with van der Waals surface area (Å²) in [6, 6.07) is 5.63. The van der Waals surface area contributed by atoms with Crippen LogP contribution in [0.15, 0.2) is 18.2 Å². The fraction of sp³-hybridized carbons (Fsp3) is 0.533. The SMILES string of the molecule is Cc1ccc(C)c(C(=O)N2CCC[C@H](NS(C)(=O)=O)C2)c1. The molecule has 1 aromatic carbocycles. The van der Waals surface area contributed by atoms with Gasteiger partial charge in [0.15, 0.2) is 0 Å². The number of hydrogen-bond donors (Lipinski definition) is 1. The van der Waals surface area contributed by atoms with E-state index in [4.69, 9.17) is 0 Å². The van der Waals surface area contributed by atoms with E-state index in [9.17, 15) is 13.2 Å². The van der Waals surface area contributed by atoms with Crippen LogP contribution in [0.1, 0.15) is 34.3 Å². The van der Waals surface area contributed by atoms with Gasteiger partial charge in [0.2, 0.25) is 10.0 Å². The monoisotopic (exact) mass is 310 g/mol. The lowest BCUT2D eigenvalue weighted by Gasteiger charge is -2.33. The van der Waals surface area contributed by atoms with Crippen LogP contribution in [-0.2, 0) is 10.0 Å². The van der Waals surface area contributed by atoms with Crippen molar-refractivity contribution < 1.29 is 13.2 Å². The maximum absolute atomic E-state index is 12.6. The van der Waals surface area contributed by atoms with Gasteiger partial charge >= 0.3 is 0 Å². The second kappa shape index (κ2) is 6.15. The first-order chi connectivity index (χ1) is 9.76. The largest absolute Gasteiger partial charge is 0.337 e. The molecule has 0 radical (unpaired) electrons. The molecule has 2 rings (SSSR count). The molecule has 1 saturated heterocycles. The smallest absolute Gasteiger partial charge is 0.254 e. The van der Waals surface area contributed by atoms with Crippen LogP contribution < -0.4 is 4.72 Å². The molecule has 1 amide bonds. The summed E-state index contributed by atoms with van der Waals surface area (Å²) in [5.74, 6) is -0.0174. The number of amides is 1. The van der Waals surface area contributed by atoms with Crippen molar-refractivity contribution in [2.75, 3.05) is 19.3 Å². The van der Waals surface area contributed by atoms with Gasteiger partial charge in [0.05, 0.1) is 6.26 Å². The molecular weight excluding hydrogens is 288 g/mol. The average molecular weight is 310 g/mol. The molecule has 116 valence electrons. The summed E-state index contributed by atoms with van der Waals surface area (Å²) < 4.78 is 25.3. The zero-order valence-corrected chi connectivity index (χ0v) is 13.5. The number of nitrogens with zero attached hydrogens (tertiary/aromatic N) is 1. The third-order valence-electron chi connectivity index (χ3n) is 3.71. The molecule has 21 heavy (non-hydrogen) atoms. The summed E-state index contributed by atoms with van der Waals surface area (Å²) in [6.45, 7) is 4.98. The Labute approximate surface area is 126 Å². The van der Waals surface area contributed by atoms with Gasteiger partial charge in [-0.2, -0.15) is 0 Å². The summed E-state index contributed by atoms with van der Waals surface area (Å²) in [5, 5.41) is 0. The molecule has 6 heteroatoms. The Morgan fingerprint density at radius 3 is 2.71 bits per heavy atom. The van der Waals surface area contributed by atoms with Gasteiger partial charge in [0.25, 0.3) is 5.91 Å². The Hall–Kier alpha value is -1.40. The highest BCUT2D eigenvalue weighted by Crippen LogP contribution is 2.17. The van der Waals surface area contributed by atoms with Crippen molar-refractivity contribution >= 4 is 15.9 Å². The molecule has 1 aromatic rings. The number of benzene rings is 1. The van der Waals surface area contributed by atoms with Gasteiger partial charge in [-0.25, -0.2) is 13.1 Å². The Kier molecular flexibility index (Phi) is 4.68.